The zero-order valence-corrected chi connectivity index (χ0v) is 8.32. The van der Waals surface area contributed by atoms with Gasteiger partial charge in [-0.05, 0) is 23.8 Å². The van der Waals surface area contributed by atoms with Gasteiger partial charge in [-0.2, -0.15) is 0 Å². The third-order valence-corrected chi connectivity index (χ3v) is 2.17. The van der Waals surface area contributed by atoms with Crippen molar-refractivity contribution >= 4 is 0 Å². The lowest BCUT2D eigenvalue weighted by Gasteiger charge is -2.02. The highest BCUT2D eigenvalue weighted by molar-refractivity contribution is 5.59. The van der Waals surface area contributed by atoms with E-state index in [0.717, 1.165) is 6.07 Å². The third-order valence-electron chi connectivity index (χ3n) is 2.17. The van der Waals surface area contributed by atoms with E-state index in [1.807, 2.05) is 0 Å². The molecule has 0 saturated carbocycles. The second-order valence-corrected chi connectivity index (χ2v) is 3.37. The molecule has 0 aliphatic heterocycles. The van der Waals surface area contributed by atoms with Gasteiger partial charge < -0.3 is 5.11 Å². The maximum absolute atomic E-state index is 13.0. The Morgan fingerprint density at radius 3 is 2.25 bits per heavy atom. The van der Waals surface area contributed by atoms with E-state index in [4.69, 9.17) is 5.11 Å². The normalized spacial score (nSPS) is 10.4. The number of nitrogens with zero attached hydrogens (tertiary/aromatic N) is 1. The second-order valence-electron chi connectivity index (χ2n) is 3.37. The SMILES string of the molecule is OCc1ccc(-c2cc(F)cc(F)c2)nc1. The average Bonchev–Trinajstić information content (AvgIpc) is 2.28. The molecule has 1 aromatic heterocycles. The second kappa shape index (κ2) is 4.37. The summed E-state index contributed by atoms with van der Waals surface area (Å²) >= 11 is 0. The number of aliphatic hydroxyl groups excluding tert-OH is 1. The molecule has 0 saturated heterocycles. The molecule has 1 N–H and O–H groups in total. The van der Waals surface area contributed by atoms with Crippen molar-refractivity contribution in [1.29, 1.82) is 0 Å². The summed E-state index contributed by atoms with van der Waals surface area (Å²) in [6, 6.07) is 6.50. The Hall–Kier alpha value is -1.81. The molecule has 0 unspecified atom stereocenters. The number of halogens is 2. The van der Waals surface area contributed by atoms with E-state index in [0.29, 0.717) is 16.8 Å². The van der Waals surface area contributed by atoms with E-state index < -0.39 is 11.6 Å². The molecule has 0 aliphatic carbocycles. The molecule has 1 aromatic carbocycles. The van der Waals surface area contributed by atoms with E-state index in [2.05, 4.69) is 4.98 Å². The number of benzene rings is 1. The first-order chi connectivity index (χ1) is 7.69. The summed E-state index contributed by atoms with van der Waals surface area (Å²) in [5.41, 5.74) is 1.50. The fourth-order valence-electron chi connectivity index (χ4n) is 1.39. The van der Waals surface area contributed by atoms with Crippen LogP contribution in [0.15, 0.2) is 36.5 Å². The maximum Gasteiger partial charge on any atom is 0.126 e. The molecule has 0 spiro atoms. The van der Waals surface area contributed by atoms with E-state index in [9.17, 15) is 8.78 Å². The highest BCUT2D eigenvalue weighted by Gasteiger charge is 2.04. The predicted octanol–water partition coefficient (Wildman–Crippen LogP) is 2.52. The van der Waals surface area contributed by atoms with Crippen molar-refractivity contribution in [3.05, 3.63) is 53.7 Å². The van der Waals surface area contributed by atoms with Gasteiger partial charge in [0.05, 0.1) is 12.3 Å². The molecule has 1 heterocycles. The largest absolute Gasteiger partial charge is 0.392 e. The summed E-state index contributed by atoms with van der Waals surface area (Å²) < 4.78 is 25.9. The van der Waals surface area contributed by atoms with Gasteiger partial charge in [-0.3, -0.25) is 4.98 Å². The van der Waals surface area contributed by atoms with Crippen LogP contribution in [0.25, 0.3) is 11.3 Å². The summed E-state index contributed by atoms with van der Waals surface area (Å²) in [5, 5.41) is 8.83. The molecule has 0 atom stereocenters. The maximum atomic E-state index is 13.0. The monoisotopic (exact) mass is 221 g/mol. The minimum absolute atomic E-state index is 0.106. The quantitative estimate of drug-likeness (QED) is 0.845. The molecular weight excluding hydrogens is 212 g/mol. The van der Waals surface area contributed by atoms with Crippen molar-refractivity contribution in [2.75, 3.05) is 0 Å². The third kappa shape index (κ3) is 2.23. The zero-order valence-electron chi connectivity index (χ0n) is 8.32. The zero-order chi connectivity index (χ0) is 11.5. The lowest BCUT2D eigenvalue weighted by Crippen LogP contribution is -1.89. The van der Waals surface area contributed by atoms with E-state index in [1.54, 1.807) is 12.1 Å². The smallest absolute Gasteiger partial charge is 0.126 e. The summed E-state index contributed by atoms with van der Waals surface area (Å²) in [6.07, 6.45) is 1.47. The van der Waals surface area contributed by atoms with Crippen LogP contribution in [-0.2, 0) is 6.61 Å². The fraction of sp³-hybridized carbons (Fsp3) is 0.0833. The Morgan fingerprint density at radius 1 is 1.06 bits per heavy atom. The lowest BCUT2D eigenvalue weighted by molar-refractivity contribution is 0.281. The highest BCUT2D eigenvalue weighted by atomic mass is 19.1. The van der Waals surface area contributed by atoms with Crippen LogP contribution in [0.1, 0.15) is 5.56 Å². The minimum Gasteiger partial charge on any atom is -0.392 e. The number of rotatable bonds is 2. The van der Waals surface area contributed by atoms with Crippen molar-refractivity contribution in [3.63, 3.8) is 0 Å². The van der Waals surface area contributed by atoms with E-state index >= 15 is 0 Å². The molecule has 2 aromatic rings. The first kappa shape index (κ1) is 10.7. The first-order valence-corrected chi connectivity index (χ1v) is 4.71. The van der Waals surface area contributed by atoms with Crippen molar-refractivity contribution < 1.29 is 13.9 Å². The van der Waals surface area contributed by atoms with Gasteiger partial charge in [-0.1, -0.05) is 6.07 Å². The van der Waals surface area contributed by atoms with Crippen molar-refractivity contribution in [1.82, 2.24) is 4.98 Å². The number of hydrogen-bond acceptors (Lipinski definition) is 2. The number of aliphatic hydroxyl groups is 1. The van der Waals surface area contributed by atoms with Crippen LogP contribution >= 0.6 is 0 Å². The van der Waals surface area contributed by atoms with Gasteiger partial charge in [0.15, 0.2) is 0 Å². The van der Waals surface area contributed by atoms with Crippen LogP contribution in [-0.4, -0.2) is 10.1 Å². The van der Waals surface area contributed by atoms with Crippen LogP contribution in [0.5, 0.6) is 0 Å². The Balaban J connectivity index is 2.42. The minimum atomic E-state index is -0.636. The Morgan fingerprint density at radius 2 is 1.75 bits per heavy atom. The van der Waals surface area contributed by atoms with E-state index in [1.165, 1.54) is 18.3 Å². The molecule has 82 valence electrons. The van der Waals surface area contributed by atoms with Crippen LogP contribution in [0.4, 0.5) is 8.78 Å². The predicted molar refractivity (Wildman–Crippen MR) is 55.5 cm³/mol. The molecule has 0 fully saturated rings. The molecule has 2 rings (SSSR count). The van der Waals surface area contributed by atoms with Gasteiger partial charge in [0.25, 0.3) is 0 Å². The number of pyridine rings is 1. The first-order valence-electron chi connectivity index (χ1n) is 4.71. The van der Waals surface area contributed by atoms with Crippen molar-refractivity contribution in [3.8, 4) is 11.3 Å². The molecule has 0 bridgehead atoms. The highest BCUT2D eigenvalue weighted by Crippen LogP contribution is 2.19. The van der Waals surface area contributed by atoms with Gasteiger partial charge in [0.2, 0.25) is 0 Å². The summed E-state index contributed by atoms with van der Waals surface area (Å²) in [7, 11) is 0. The number of hydrogen-bond donors (Lipinski definition) is 1. The van der Waals surface area contributed by atoms with Crippen molar-refractivity contribution in [2.45, 2.75) is 6.61 Å². The Bertz CT molecular complexity index is 477. The fourth-order valence-corrected chi connectivity index (χ4v) is 1.39. The van der Waals surface area contributed by atoms with Gasteiger partial charge in [-0.15, -0.1) is 0 Å². The molecule has 16 heavy (non-hydrogen) atoms. The van der Waals surface area contributed by atoms with Crippen LogP contribution < -0.4 is 0 Å². The molecule has 2 nitrogen and oxygen atoms in total. The molecule has 4 heteroatoms. The summed E-state index contributed by atoms with van der Waals surface area (Å²) in [5.74, 6) is -1.27. The van der Waals surface area contributed by atoms with E-state index in [-0.39, 0.29) is 6.61 Å². The Labute approximate surface area is 91.2 Å². The molecule has 0 aliphatic rings. The number of aromatic nitrogens is 1. The van der Waals surface area contributed by atoms with Crippen LogP contribution in [0, 0.1) is 11.6 Å². The van der Waals surface area contributed by atoms with Crippen molar-refractivity contribution in [2.24, 2.45) is 0 Å². The summed E-state index contributed by atoms with van der Waals surface area (Å²) in [6.45, 7) is -0.106. The Kier molecular flexibility index (Phi) is 2.92. The molecular formula is C12H9F2NO. The van der Waals surface area contributed by atoms with Gasteiger partial charge >= 0.3 is 0 Å². The van der Waals surface area contributed by atoms with Crippen LogP contribution in [0.2, 0.25) is 0 Å². The average molecular weight is 221 g/mol. The van der Waals surface area contributed by atoms with Gasteiger partial charge in [-0.25, -0.2) is 8.78 Å². The topological polar surface area (TPSA) is 33.1 Å². The van der Waals surface area contributed by atoms with Gasteiger partial charge in [0, 0.05) is 17.8 Å². The van der Waals surface area contributed by atoms with Crippen LogP contribution in [0.3, 0.4) is 0 Å². The lowest BCUT2D eigenvalue weighted by atomic mass is 10.1. The molecule has 0 amide bonds. The van der Waals surface area contributed by atoms with Gasteiger partial charge in [0.1, 0.15) is 11.6 Å². The summed E-state index contributed by atoms with van der Waals surface area (Å²) in [4.78, 5) is 4.01. The molecule has 0 radical (unpaired) electrons. The standard InChI is InChI=1S/C12H9F2NO/c13-10-3-9(4-11(14)5-10)12-2-1-8(7-16)6-15-12/h1-6,16H,7H2.